The fraction of sp³-hybridized carbons (Fsp3) is 0.900. The first-order chi connectivity index (χ1) is 6.67. The molecule has 1 amide bonds. The summed E-state index contributed by atoms with van der Waals surface area (Å²) >= 11 is 0. The van der Waals surface area contributed by atoms with Crippen molar-refractivity contribution in [2.24, 2.45) is 5.73 Å². The molecule has 0 saturated heterocycles. The molecule has 0 aromatic carbocycles. The van der Waals surface area contributed by atoms with Crippen LogP contribution < -0.4 is 11.1 Å². The van der Waals surface area contributed by atoms with Gasteiger partial charge in [-0.3, -0.25) is 4.79 Å². The van der Waals surface area contributed by atoms with Gasteiger partial charge in [-0.25, -0.2) is 0 Å². The van der Waals surface area contributed by atoms with Gasteiger partial charge in [-0.15, -0.1) is 0 Å². The van der Waals surface area contributed by atoms with Crippen molar-refractivity contribution >= 4 is 5.91 Å². The van der Waals surface area contributed by atoms with E-state index in [9.17, 15) is 4.79 Å². The fourth-order valence-electron chi connectivity index (χ4n) is 1.78. The maximum absolute atomic E-state index is 11.4. The van der Waals surface area contributed by atoms with E-state index in [1.165, 1.54) is 0 Å². The van der Waals surface area contributed by atoms with Crippen molar-refractivity contribution in [2.45, 2.75) is 50.8 Å². The number of nitrogens with two attached hydrogens (primary N) is 1. The van der Waals surface area contributed by atoms with Crippen LogP contribution in [0.4, 0.5) is 0 Å². The molecule has 82 valence electrons. The molecule has 0 aromatic heterocycles. The Kier molecular flexibility index (Phi) is 4.35. The summed E-state index contributed by atoms with van der Waals surface area (Å²) in [6.45, 7) is 1.91. The van der Waals surface area contributed by atoms with Gasteiger partial charge in [0, 0.05) is 13.2 Å². The monoisotopic (exact) mass is 200 g/mol. The Hall–Kier alpha value is -0.610. The van der Waals surface area contributed by atoms with Crippen molar-refractivity contribution < 1.29 is 9.53 Å². The summed E-state index contributed by atoms with van der Waals surface area (Å²) in [4.78, 5) is 11.4. The highest BCUT2D eigenvalue weighted by Crippen LogP contribution is 2.21. The molecule has 1 fully saturated rings. The van der Waals surface area contributed by atoms with E-state index in [4.69, 9.17) is 10.5 Å². The Bertz CT molecular complexity index is 197. The van der Waals surface area contributed by atoms with Crippen LogP contribution in [0.5, 0.6) is 0 Å². The summed E-state index contributed by atoms with van der Waals surface area (Å²) in [5.41, 5.74) is 5.62. The van der Waals surface area contributed by atoms with E-state index in [0.29, 0.717) is 12.5 Å². The maximum Gasteiger partial charge on any atom is 0.237 e. The number of amides is 1. The third-order valence-electron chi connectivity index (χ3n) is 2.84. The third-order valence-corrected chi connectivity index (χ3v) is 2.84. The van der Waals surface area contributed by atoms with E-state index in [1.807, 2.05) is 6.92 Å². The smallest absolute Gasteiger partial charge is 0.237 e. The van der Waals surface area contributed by atoms with E-state index in [-0.39, 0.29) is 18.0 Å². The van der Waals surface area contributed by atoms with Gasteiger partial charge in [0.05, 0.1) is 12.1 Å². The third kappa shape index (κ3) is 2.96. The number of rotatable bonds is 4. The molecule has 0 heterocycles. The van der Waals surface area contributed by atoms with Crippen LogP contribution in [-0.4, -0.2) is 31.2 Å². The summed E-state index contributed by atoms with van der Waals surface area (Å²) in [5, 5.41) is 2.95. The van der Waals surface area contributed by atoms with Gasteiger partial charge in [0.25, 0.3) is 0 Å². The van der Waals surface area contributed by atoms with Gasteiger partial charge in [-0.05, 0) is 25.7 Å². The van der Waals surface area contributed by atoms with Crippen LogP contribution in [-0.2, 0) is 9.53 Å². The van der Waals surface area contributed by atoms with Gasteiger partial charge in [0.1, 0.15) is 0 Å². The second-order valence-corrected chi connectivity index (χ2v) is 3.89. The van der Waals surface area contributed by atoms with Gasteiger partial charge in [-0.2, -0.15) is 0 Å². The van der Waals surface area contributed by atoms with E-state index < -0.39 is 0 Å². The minimum atomic E-state index is -0.364. The van der Waals surface area contributed by atoms with Gasteiger partial charge in [0.2, 0.25) is 5.91 Å². The molecule has 0 aliphatic heterocycles. The Morgan fingerprint density at radius 2 is 2.36 bits per heavy atom. The van der Waals surface area contributed by atoms with E-state index in [2.05, 4.69) is 5.32 Å². The summed E-state index contributed by atoms with van der Waals surface area (Å²) in [5.74, 6) is -0.0331. The lowest BCUT2D eigenvalue weighted by atomic mass is 10.2. The van der Waals surface area contributed by atoms with Crippen LogP contribution in [0, 0.1) is 0 Å². The van der Waals surface area contributed by atoms with Crippen molar-refractivity contribution in [1.29, 1.82) is 0 Å². The molecule has 4 nitrogen and oxygen atoms in total. The zero-order valence-electron chi connectivity index (χ0n) is 8.95. The second kappa shape index (κ2) is 5.32. The summed E-state index contributed by atoms with van der Waals surface area (Å²) in [6, 6.07) is -0.110. The molecule has 3 N–H and O–H groups in total. The molecule has 0 aromatic rings. The quantitative estimate of drug-likeness (QED) is 0.690. The molecule has 3 atom stereocenters. The Labute approximate surface area is 85.2 Å². The average molecular weight is 200 g/mol. The highest BCUT2D eigenvalue weighted by Gasteiger charge is 2.26. The van der Waals surface area contributed by atoms with E-state index in [1.54, 1.807) is 7.11 Å². The lowest BCUT2D eigenvalue weighted by Crippen LogP contribution is -2.44. The molecule has 0 bridgehead atoms. The summed E-state index contributed by atoms with van der Waals surface area (Å²) in [7, 11) is 1.71. The van der Waals surface area contributed by atoms with Crippen molar-refractivity contribution in [3.05, 3.63) is 0 Å². The first kappa shape index (κ1) is 11.5. The summed E-state index contributed by atoms with van der Waals surface area (Å²) < 4.78 is 5.23. The van der Waals surface area contributed by atoms with Gasteiger partial charge in [0.15, 0.2) is 0 Å². The highest BCUT2D eigenvalue weighted by atomic mass is 16.5. The molecular formula is C10H20N2O2. The van der Waals surface area contributed by atoms with Gasteiger partial charge >= 0.3 is 0 Å². The van der Waals surface area contributed by atoms with Crippen LogP contribution >= 0.6 is 0 Å². The van der Waals surface area contributed by atoms with Gasteiger partial charge < -0.3 is 15.8 Å². The van der Waals surface area contributed by atoms with Crippen molar-refractivity contribution in [1.82, 2.24) is 5.32 Å². The summed E-state index contributed by atoms with van der Waals surface area (Å²) in [6.07, 6.45) is 3.94. The molecule has 1 aliphatic rings. The normalized spacial score (nSPS) is 28.8. The molecule has 1 saturated carbocycles. The molecule has 3 unspecified atom stereocenters. The number of hydrogen-bond donors (Lipinski definition) is 2. The number of methoxy groups -OCH3 is 1. The standard InChI is InChI=1S/C10H20N2O2/c1-3-9(11)10(13)12-7-4-5-8(6-7)14-2/h7-9H,3-6,11H2,1-2H3,(H,12,13). The molecule has 0 radical (unpaired) electrons. The minimum absolute atomic E-state index is 0.0331. The average Bonchev–Trinajstić information content (AvgIpc) is 2.64. The predicted octanol–water partition coefficient (Wildman–Crippen LogP) is 0.407. The molecule has 1 rings (SSSR count). The number of carbonyl (C=O) groups is 1. The largest absolute Gasteiger partial charge is 0.381 e. The van der Waals surface area contributed by atoms with Crippen molar-refractivity contribution in [2.75, 3.05) is 7.11 Å². The Morgan fingerprint density at radius 3 is 2.86 bits per heavy atom. The maximum atomic E-state index is 11.4. The lowest BCUT2D eigenvalue weighted by molar-refractivity contribution is -0.123. The highest BCUT2D eigenvalue weighted by molar-refractivity contribution is 5.81. The molecule has 14 heavy (non-hydrogen) atoms. The van der Waals surface area contributed by atoms with Crippen LogP contribution in [0.2, 0.25) is 0 Å². The van der Waals surface area contributed by atoms with E-state index >= 15 is 0 Å². The molecule has 1 aliphatic carbocycles. The van der Waals surface area contributed by atoms with Crippen LogP contribution in [0.1, 0.15) is 32.6 Å². The van der Waals surface area contributed by atoms with E-state index in [0.717, 1.165) is 19.3 Å². The zero-order chi connectivity index (χ0) is 10.6. The lowest BCUT2D eigenvalue weighted by Gasteiger charge is -2.15. The van der Waals surface area contributed by atoms with Crippen LogP contribution in [0.3, 0.4) is 0 Å². The van der Waals surface area contributed by atoms with Crippen LogP contribution in [0.15, 0.2) is 0 Å². The zero-order valence-corrected chi connectivity index (χ0v) is 8.95. The molecule has 0 spiro atoms. The SMILES string of the molecule is CCC(N)C(=O)NC1CCC(OC)C1. The number of ether oxygens (including phenoxy) is 1. The molecular weight excluding hydrogens is 180 g/mol. The van der Waals surface area contributed by atoms with Gasteiger partial charge in [-0.1, -0.05) is 6.92 Å². The van der Waals surface area contributed by atoms with Crippen LogP contribution in [0.25, 0.3) is 0 Å². The predicted molar refractivity (Wildman–Crippen MR) is 54.8 cm³/mol. The first-order valence-corrected chi connectivity index (χ1v) is 5.26. The second-order valence-electron chi connectivity index (χ2n) is 3.89. The number of nitrogens with one attached hydrogen (secondary N) is 1. The first-order valence-electron chi connectivity index (χ1n) is 5.26. The van der Waals surface area contributed by atoms with Crippen molar-refractivity contribution in [3.8, 4) is 0 Å². The number of carbonyl (C=O) groups excluding carboxylic acids is 1. The van der Waals surface area contributed by atoms with Crippen molar-refractivity contribution in [3.63, 3.8) is 0 Å². The molecule has 4 heteroatoms. The Balaban J connectivity index is 2.28. The number of hydrogen-bond acceptors (Lipinski definition) is 3. The topological polar surface area (TPSA) is 64.4 Å². The fourth-order valence-corrected chi connectivity index (χ4v) is 1.78. The minimum Gasteiger partial charge on any atom is -0.381 e. The Morgan fingerprint density at radius 1 is 1.64 bits per heavy atom.